The summed E-state index contributed by atoms with van der Waals surface area (Å²) in [5.41, 5.74) is -0.383. The number of nitrogens with zero attached hydrogens (tertiary/aromatic N) is 4. The molecule has 3 heterocycles. The van der Waals surface area contributed by atoms with Gasteiger partial charge in [0.15, 0.2) is 0 Å². The molecule has 1 atom stereocenters. The van der Waals surface area contributed by atoms with Gasteiger partial charge < -0.3 is 19.9 Å². The molecule has 2 N–H and O–H groups in total. The van der Waals surface area contributed by atoms with Crippen LogP contribution in [0.4, 0.5) is 5.82 Å². The van der Waals surface area contributed by atoms with Crippen molar-refractivity contribution in [2.24, 2.45) is 7.05 Å². The molecule has 0 aromatic carbocycles. The van der Waals surface area contributed by atoms with E-state index in [0.29, 0.717) is 18.7 Å². The molecule has 1 aliphatic heterocycles. The minimum Gasteiger partial charge on any atom is -0.386 e. The Morgan fingerprint density at radius 1 is 1.48 bits per heavy atom. The van der Waals surface area contributed by atoms with E-state index >= 15 is 0 Å². The summed E-state index contributed by atoms with van der Waals surface area (Å²) >= 11 is 0. The van der Waals surface area contributed by atoms with E-state index in [9.17, 15) is 9.90 Å². The van der Waals surface area contributed by atoms with E-state index in [1.54, 1.807) is 29.2 Å². The molecule has 0 saturated carbocycles. The van der Waals surface area contributed by atoms with Gasteiger partial charge in [-0.25, -0.2) is 4.98 Å². The lowest BCUT2D eigenvalue weighted by molar-refractivity contribution is 0.0253. The molecule has 0 unspecified atom stereocenters. The molecule has 1 saturated heterocycles. The number of aliphatic hydroxyl groups is 1. The Labute approximate surface area is 135 Å². The molecular formula is C16H21N5O2. The molecule has 1 aliphatic rings. The second-order valence-electron chi connectivity index (χ2n) is 6.00. The molecule has 7 heteroatoms. The average Bonchev–Trinajstić information content (AvgIpc) is 3.00. The molecule has 2 aromatic rings. The number of amides is 1. The van der Waals surface area contributed by atoms with Gasteiger partial charge in [0.05, 0.1) is 11.8 Å². The molecule has 0 radical (unpaired) electrons. The second-order valence-corrected chi connectivity index (χ2v) is 6.00. The molecule has 1 fully saturated rings. The molecule has 0 spiro atoms. The summed E-state index contributed by atoms with van der Waals surface area (Å²) in [7, 11) is 1.82. The normalized spacial score (nSPS) is 21.2. The van der Waals surface area contributed by atoms with E-state index in [1.165, 1.54) is 0 Å². The van der Waals surface area contributed by atoms with Crippen molar-refractivity contribution in [3.63, 3.8) is 0 Å². The van der Waals surface area contributed by atoms with E-state index in [-0.39, 0.29) is 12.5 Å². The second kappa shape index (κ2) is 6.37. The topological polar surface area (TPSA) is 83.3 Å². The van der Waals surface area contributed by atoms with Gasteiger partial charge in [0.1, 0.15) is 11.5 Å². The number of anilines is 1. The van der Waals surface area contributed by atoms with Gasteiger partial charge in [-0.1, -0.05) is 0 Å². The number of aromatic nitrogens is 3. The molecule has 1 amide bonds. The Morgan fingerprint density at radius 3 is 3.04 bits per heavy atom. The summed E-state index contributed by atoms with van der Waals surface area (Å²) in [5, 5.41) is 13.6. The summed E-state index contributed by atoms with van der Waals surface area (Å²) in [6.07, 6.45) is 8.26. The van der Waals surface area contributed by atoms with E-state index in [0.717, 1.165) is 18.8 Å². The number of hydrogen-bond acceptors (Lipinski definition) is 5. The lowest BCUT2D eigenvalue weighted by Gasteiger charge is -2.39. The molecule has 0 aliphatic carbocycles. The van der Waals surface area contributed by atoms with Crippen LogP contribution in [-0.2, 0) is 7.05 Å². The zero-order valence-corrected chi connectivity index (χ0v) is 13.1. The first kappa shape index (κ1) is 15.5. The fourth-order valence-electron chi connectivity index (χ4n) is 2.94. The van der Waals surface area contributed by atoms with Crippen molar-refractivity contribution in [3.05, 3.63) is 42.6 Å². The van der Waals surface area contributed by atoms with Crippen LogP contribution in [-0.4, -0.2) is 50.8 Å². The highest BCUT2D eigenvalue weighted by atomic mass is 16.3. The van der Waals surface area contributed by atoms with Crippen LogP contribution in [0.15, 0.2) is 36.9 Å². The maximum absolute atomic E-state index is 12.2. The lowest BCUT2D eigenvalue weighted by Crippen LogP contribution is -2.54. The summed E-state index contributed by atoms with van der Waals surface area (Å²) < 4.78 is 1.76. The average molecular weight is 315 g/mol. The van der Waals surface area contributed by atoms with Crippen molar-refractivity contribution in [3.8, 4) is 0 Å². The Kier molecular flexibility index (Phi) is 4.29. The predicted molar refractivity (Wildman–Crippen MR) is 86.2 cm³/mol. The van der Waals surface area contributed by atoms with Gasteiger partial charge in [0.25, 0.3) is 5.91 Å². The number of hydrogen-bond donors (Lipinski definition) is 2. The number of aryl methyl sites for hydroxylation is 1. The van der Waals surface area contributed by atoms with Gasteiger partial charge in [-0.3, -0.25) is 9.78 Å². The highest BCUT2D eigenvalue weighted by Gasteiger charge is 2.34. The van der Waals surface area contributed by atoms with Crippen molar-refractivity contribution in [1.29, 1.82) is 0 Å². The number of carbonyl (C=O) groups is 1. The third-order valence-electron chi connectivity index (χ3n) is 4.18. The first-order valence-corrected chi connectivity index (χ1v) is 7.70. The molecule has 2 aromatic heterocycles. The zero-order valence-electron chi connectivity index (χ0n) is 13.1. The number of piperidine rings is 1. The summed E-state index contributed by atoms with van der Waals surface area (Å²) in [5.74, 6) is 0.571. The zero-order chi connectivity index (χ0) is 16.3. The monoisotopic (exact) mass is 315 g/mol. The van der Waals surface area contributed by atoms with Gasteiger partial charge in [-0.2, -0.15) is 0 Å². The van der Waals surface area contributed by atoms with E-state index in [2.05, 4.69) is 15.3 Å². The summed E-state index contributed by atoms with van der Waals surface area (Å²) in [6, 6.07) is 3.58. The third-order valence-corrected chi connectivity index (χ3v) is 4.18. The number of β-amino-alcohol motifs (C(OH)–C–C–N with tert-alkyl or cyclic N) is 1. The van der Waals surface area contributed by atoms with Gasteiger partial charge in [-0.05, 0) is 25.0 Å². The fourth-order valence-corrected chi connectivity index (χ4v) is 2.94. The van der Waals surface area contributed by atoms with Crippen LogP contribution in [0, 0.1) is 0 Å². The minimum absolute atomic E-state index is 0.178. The predicted octanol–water partition coefficient (Wildman–Crippen LogP) is 0.576. The summed E-state index contributed by atoms with van der Waals surface area (Å²) in [4.78, 5) is 22.5. The van der Waals surface area contributed by atoms with Crippen molar-refractivity contribution in [1.82, 2.24) is 19.9 Å². The quantitative estimate of drug-likeness (QED) is 0.862. The molecule has 3 rings (SSSR count). The van der Waals surface area contributed by atoms with Crippen LogP contribution in [0.5, 0.6) is 0 Å². The highest BCUT2D eigenvalue weighted by molar-refractivity contribution is 5.92. The highest BCUT2D eigenvalue weighted by Crippen LogP contribution is 2.24. The Morgan fingerprint density at radius 2 is 2.35 bits per heavy atom. The van der Waals surface area contributed by atoms with Crippen LogP contribution in [0.3, 0.4) is 0 Å². The summed E-state index contributed by atoms with van der Waals surface area (Å²) in [6.45, 7) is 1.47. The molecular weight excluding hydrogens is 294 g/mol. The molecule has 0 bridgehead atoms. The van der Waals surface area contributed by atoms with Crippen molar-refractivity contribution < 1.29 is 9.90 Å². The Bertz CT molecular complexity index is 672. The van der Waals surface area contributed by atoms with Crippen LogP contribution in [0.1, 0.15) is 23.3 Å². The van der Waals surface area contributed by atoms with Crippen molar-refractivity contribution in [2.45, 2.75) is 18.4 Å². The maximum atomic E-state index is 12.2. The smallest absolute Gasteiger partial charge is 0.267 e. The van der Waals surface area contributed by atoms with Crippen LogP contribution in [0.25, 0.3) is 0 Å². The van der Waals surface area contributed by atoms with Crippen LogP contribution < -0.4 is 10.2 Å². The molecule has 23 heavy (non-hydrogen) atoms. The number of nitrogens with one attached hydrogen (secondary N) is 1. The standard InChI is InChI=1S/C16H21N5O2/c1-20-8-2-4-13(20)15(22)19-11-16(23)5-3-9-21(12-16)14-10-17-6-7-18-14/h2,4,6-8,10,23H,3,5,9,11-12H2,1H3,(H,19,22)/t16-/m1/s1. The molecule has 7 nitrogen and oxygen atoms in total. The molecule has 122 valence electrons. The van der Waals surface area contributed by atoms with Gasteiger partial charge in [0, 0.05) is 45.3 Å². The van der Waals surface area contributed by atoms with E-state index in [4.69, 9.17) is 0 Å². The van der Waals surface area contributed by atoms with Crippen molar-refractivity contribution in [2.75, 3.05) is 24.5 Å². The number of carbonyl (C=O) groups excluding carboxylic acids is 1. The first-order chi connectivity index (χ1) is 11.1. The Hall–Kier alpha value is -2.41. The van der Waals surface area contributed by atoms with Gasteiger partial charge in [-0.15, -0.1) is 0 Å². The van der Waals surface area contributed by atoms with E-state index < -0.39 is 5.60 Å². The number of rotatable bonds is 4. The first-order valence-electron chi connectivity index (χ1n) is 7.70. The largest absolute Gasteiger partial charge is 0.386 e. The van der Waals surface area contributed by atoms with Crippen LogP contribution in [0.2, 0.25) is 0 Å². The maximum Gasteiger partial charge on any atom is 0.267 e. The van der Waals surface area contributed by atoms with Gasteiger partial charge >= 0.3 is 0 Å². The fraction of sp³-hybridized carbons (Fsp3) is 0.438. The SMILES string of the molecule is Cn1cccc1C(=O)NC[C@]1(O)CCCN(c2cnccn2)C1. The van der Waals surface area contributed by atoms with Crippen molar-refractivity contribution >= 4 is 11.7 Å². The van der Waals surface area contributed by atoms with Crippen LogP contribution >= 0.6 is 0 Å². The van der Waals surface area contributed by atoms with Gasteiger partial charge in [0.2, 0.25) is 0 Å². The minimum atomic E-state index is -0.962. The third kappa shape index (κ3) is 3.50. The lowest BCUT2D eigenvalue weighted by atomic mass is 9.92. The Balaban J connectivity index is 1.62. The van der Waals surface area contributed by atoms with E-state index in [1.807, 2.05) is 24.2 Å².